The van der Waals surface area contributed by atoms with E-state index in [9.17, 15) is 28.4 Å². The van der Waals surface area contributed by atoms with Crippen molar-refractivity contribution in [2.45, 2.75) is 43.8 Å². The summed E-state index contributed by atoms with van der Waals surface area (Å²) in [6.07, 6.45) is 2.65. The number of amides is 5. The van der Waals surface area contributed by atoms with E-state index in [1.165, 1.54) is 36.0 Å². The number of carbonyl (C=O) groups excluding carboxylic acids is 5. The minimum atomic E-state index is -1.07. The van der Waals surface area contributed by atoms with Gasteiger partial charge in [-0.3, -0.25) is 24.0 Å². The van der Waals surface area contributed by atoms with Crippen molar-refractivity contribution in [2.24, 2.45) is 0 Å². The molecule has 49 heavy (non-hydrogen) atoms. The van der Waals surface area contributed by atoms with Crippen LogP contribution in [0.1, 0.15) is 35.2 Å². The van der Waals surface area contributed by atoms with E-state index in [0.29, 0.717) is 12.8 Å². The van der Waals surface area contributed by atoms with Crippen LogP contribution >= 0.6 is 0 Å². The number of halogens is 1. The fourth-order valence-electron chi connectivity index (χ4n) is 6.47. The number of fused-ring (bicyclic) bond motifs is 3. The Morgan fingerprint density at radius 2 is 1.86 bits per heavy atom. The third kappa shape index (κ3) is 8.55. The Morgan fingerprint density at radius 3 is 2.63 bits per heavy atom. The van der Waals surface area contributed by atoms with Crippen molar-refractivity contribution in [3.8, 4) is 5.75 Å². The lowest BCUT2D eigenvalue weighted by Gasteiger charge is -2.28. The number of aromatic amines is 1. The number of H-pyrrole nitrogens is 1. The van der Waals surface area contributed by atoms with E-state index in [4.69, 9.17) is 4.74 Å². The van der Waals surface area contributed by atoms with Crippen LogP contribution in [0.4, 0.5) is 4.39 Å². The molecule has 2 aliphatic heterocycles. The van der Waals surface area contributed by atoms with Gasteiger partial charge in [0.2, 0.25) is 23.6 Å². The zero-order valence-electron chi connectivity index (χ0n) is 28.3. The molecular formula is C35H44FN7O6. The van der Waals surface area contributed by atoms with E-state index in [1.807, 2.05) is 30.5 Å². The first-order valence-corrected chi connectivity index (χ1v) is 16.4. The predicted molar refractivity (Wildman–Crippen MR) is 180 cm³/mol. The molecule has 2 aromatic carbocycles. The third-order valence-corrected chi connectivity index (χ3v) is 9.05. The number of para-hydroxylation sites is 1. The Kier molecular flexibility index (Phi) is 11.2. The van der Waals surface area contributed by atoms with E-state index in [1.54, 1.807) is 23.9 Å². The second-order valence-electron chi connectivity index (χ2n) is 13.0. The van der Waals surface area contributed by atoms with Gasteiger partial charge in [-0.25, -0.2) is 4.39 Å². The van der Waals surface area contributed by atoms with Crippen LogP contribution in [0, 0.1) is 5.82 Å². The number of nitrogens with one attached hydrogen (secondary N) is 3. The number of carbonyl (C=O) groups is 5. The summed E-state index contributed by atoms with van der Waals surface area (Å²) < 4.78 is 20.7. The zero-order valence-corrected chi connectivity index (χ0v) is 28.3. The van der Waals surface area contributed by atoms with Gasteiger partial charge < -0.3 is 40.0 Å². The smallest absolute Gasteiger partial charge is 0.258 e. The van der Waals surface area contributed by atoms with E-state index in [0.717, 1.165) is 22.5 Å². The molecule has 3 atom stereocenters. The second-order valence-corrected chi connectivity index (χ2v) is 13.0. The standard InChI is InChI=1S/C35H44FN7O6/c1-40(2)19-31(44)39-24-16-25-21-49-30-11-9-23(36)15-27(30)35(48)42(4)29(10-12-32(45)41(3)20-33(46)43(25)18-24)34(47)37-14-13-22-17-38-28-8-6-5-7-26(22)28/h5-9,11,15,17,24-25,29,38H,10,12-14,16,18-21H2,1-4H3,(H,37,47)(H,39,44)/t24-,25-,29-/m0/s1. The summed E-state index contributed by atoms with van der Waals surface area (Å²) in [7, 11) is 6.52. The molecule has 2 aliphatic rings. The molecular weight excluding hydrogens is 633 g/mol. The van der Waals surface area contributed by atoms with E-state index >= 15 is 0 Å². The van der Waals surface area contributed by atoms with Crippen molar-refractivity contribution in [1.82, 2.24) is 35.2 Å². The summed E-state index contributed by atoms with van der Waals surface area (Å²) in [6, 6.07) is 9.50. The summed E-state index contributed by atoms with van der Waals surface area (Å²) in [4.78, 5) is 75.9. The molecule has 3 heterocycles. The topological polar surface area (TPSA) is 147 Å². The fraction of sp³-hybridized carbons (Fsp3) is 0.457. The van der Waals surface area contributed by atoms with Gasteiger partial charge in [0.05, 0.1) is 24.7 Å². The van der Waals surface area contributed by atoms with Crippen LogP contribution in [0.2, 0.25) is 0 Å². The molecule has 262 valence electrons. The van der Waals surface area contributed by atoms with Gasteiger partial charge in [0.15, 0.2) is 0 Å². The average molecular weight is 678 g/mol. The number of hydrogen-bond donors (Lipinski definition) is 3. The fourth-order valence-corrected chi connectivity index (χ4v) is 6.47. The molecule has 14 heteroatoms. The minimum absolute atomic E-state index is 0.0314. The summed E-state index contributed by atoms with van der Waals surface area (Å²) in [5.41, 5.74) is 1.91. The lowest BCUT2D eigenvalue weighted by Crippen LogP contribution is -2.49. The highest BCUT2D eigenvalue weighted by molar-refractivity contribution is 5.99. The van der Waals surface area contributed by atoms with Crippen LogP contribution in [0.3, 0.4) is 0 Å². The van der Waals surface area contributed by atoms with Crippen molar-refractivity contribution in [1.29, 1.82) is 0 Å². The molecule has 0 saturated carbocycles. The highest BCUT2D eigenvalue weighted by Crippen LogP contribution is 2.26. The molecule has 0 radical (unpaired) electrons. The third-order valence-electron chi connectivity index (χ3n) is 9.05. The maximum Gasteiger partial charge on any atom is 0.258 e. The molecule has 1 saturated heterocycles. The van der Waals surface area contributed by atoms with Crippen LogP contribution in [-0.2, 0) is 25.6 Å². The van der Waals surface area contributed by atoms with Gasteiger partial charge >= 0.3 is 0 Å². The number of ether oxygens (including phenoxy) is 1. The van der Waals surface area contributed by atoms with Crippen molar-refractivity contribution in [3.05, 3.63) is 65.6 Å². The molecule has 3 aromatic rings. The summed E-state index contributed by atoms with van der Waals surface area (Å²) >= 11 is 0. The van der Waals surface area contributed by atoms with Crippen LogP contribution in [-0.4, -0.2) is 133 Å². The normalized spacial score (nSPS) is 20.8. The Morgan fingerprint density at radius 1 is 1.08 bits per heavy atom. The molecule has 0 spiro atoms. The van der Waals surface area contributed by atoms with E-state index in [2.05, 4.69) is 15.6 Å². The number of rotatable bonds is 7. The minimum Gasteiger partial charge on any atom is -0.491 e. The van der Waals surface area contributed by atoms with Crippen LogP contribution in [0.5, 0.6) is 5.75 Å². The summed E-state index contributed by atoms with van der Waals surface area (Å²) in [5, 5.41) is 6.91. The SMILES string of the molecule is CN(C)CC(=O)N[C@H]1C[C@H]2COc3ccc(F)cc3C(=O)N(C)[C@H](C(=O)NCCc3c[nH]c4ccccc34)CCC(=O)N(C)CC(=O)N2C1. The number of aromatic nitrogens is 1. The van der Waals surface area contributed by atoms with Gasteiger partial charge in [-0.1, -0.05) is 18.2 Å². The van der Waals surface area contributed by atoms with Crippen molar-refractivity contribution in [3.63, 3.8) is 0 Å². The van der Waals surface area contributed by atoms with Crippen LogP contribution < -0.4 is 15.4 Å². The average Bonchev–Trinajstić information content (AvgIpc) is 3.66. The molecule has 1 fully saturated rings. The van der Waals surface area contributed by atoms with Crippen molar-refractivity contribution in [2.75, 3.05) is 61.0 Å². The number of benzene rings is 2. The number of hydrogen-bond acceptors (Lipinski definition) is 7. The summed E-state index contributed by atoms with van der Waals surface area (Å²) in [6.45, 7) is 0.416. The number of likely N-dealkylation sites (N-methyl/N-ethyl adjacent to an activating group) is 3. The predicted octanol–water partition coefficient (Wildman–Crippen LogP) is 1.38. The van der Waals surface area contributed by atoms with Gasteiger partial charge in [0, 0.05) is 56.7 Å². The van der Waals surface area contributed by atoms with E-state index < -0.39 is 29.7 Å². The lowest BCUT2D eigenvalue weighted by molar-refractivity contribution is -0.140. The molecule has 0 aliphatic carbocycles. The molecule has 0 unspecified atom stereocenters. The zero-order chi connectivity index (χ0) is 35.2. The Hall–Kier alpha value is -4.98. The second kappa shape index (κ2) is 15.5. The molecule has 1 aromatic heterocycles. The molecule has 5 rings (SSSR count). The molecule has 13 nitrogen and oxygen atoms in total. The maximum atomic E-state index is 14.6. The maximum absolute atomic E-state index is 14.6. The monoisotopic (exact) mass is 677 g/mol. The van der Waals surface area contributed by atoms with E-state index in [-0.39, 0.29) is 80.7 Å². The first kappa shape index (κ1) is 35.3. The van der Waals surface area contributed by atoms with Gasteiger partial charge in [-0.15, -0.1) is 0 Å². The van der Waals surface area contributed by atoms with Crippen molar-refractivity contribution < 1.29 is 33.1 Å². The molecule has 5 amide bonds. The first-order chi connectivity index (χ1) is 23.4. The number of nitrogens with zero attached hydrogens (tertiary/aromatic N) is 4. The van der Waals surface area contributed by atoms with Gasteiger partial charge in [0.25, 0.3) is 5.91 Å². The highest BCUT2D eigenvalue weighted by Gasteiger charge is 2.38. The molecule has 0 bridgehead atoms. The van der Waals surface area contributed by atoms with Crippen LogP contribution in [0.25, 0.3) is 10.9 Å². The Labute approximate surface area is 284 Å². The van der Waals surface area contributed by atoms with Gasteiger partial charge in [-0.05, 0) is 63.2 Å². The van der Waals surface area contributed by atoms with Gasteiger partial charge in [-0.2, -0.15) is 0 Å². The summed E-state index contributed by atoms with van der Waals surface area (Å²) in [5.74, 6) is -2.60. The Balaban J connectivity index is 1.36. The van der Waals surface area contributed by atoms with Gasteiger partial charge in [0.1, 0.15) is 24.2 Å². The highest BCUT2D eigenvalue weighted by atomic mass is 19.1. The lowest BCUT2D eigenvalue weighted by atomic mass is 10.1. The van der Waals surface area contributed by atoms with Crippen molar-refractivity contribution >= 4 is 40.4 Å². The quantitative estimate of drug-likeness (QED) is 0.343. The molecule has 3 N–H and O–H groups in total. The van der Waals surface area contributed by atoms with Crippen LogP contribution in [0.15, 0.2) is 48.7 Å². The Bertz CT molecular complexity index is 1710. The largest absolute Gasteiger partial charge is 0.491 e. The first-order valence-electron chi connectivity index (χ1n) is 16.4.